The Hall–Kier alpha value is -2.44. The van der Waals surface area contributed by atoms with Crippen LogP contribution >= 0.6 is 0 Å². The smallest absolute Gasteiger partial charge is 0.254 e. The van der Waals surface area contributed by atoms with Gasteiger partial charge >= 0.3 is 0 Å². The van der Waals surface area contributed by atoms with Gasteiger partial charge in [0.25, 0.3) is 5.91 Å². The van der Waals surface area contributed by atoms with E-state index in [9.17, 15) is 9.59 Å². The Bertz CT molecular complexity index is 645. The lowest BCUT2D eigenvalue weighted by Crippen LogP contribution is -2.38. The summed E-state index contributed by atoms with van der Waals surface area (Å²) >= 11 is 0. The molecule has 2 aromatic rings. The Kier molecular flexibility index (Phi) is 2.44. The predicted molar refractivity (Wildman–Crippen MR) is 61.8 cm³/mol. The summed E-state index contributed by atoms with van der Waals surface area (Å²) < 4.78 is 1.92. The standard InChI is InChI=1S/C11H11N5O2/c17-10-5-8(1-2-12-10)11(18)15-3-4-16-7-13-14-9(16)6-15/h1-2,5,7H,3-4,6H2,(H,12,17). The van der Waals surface area contributed by atoms with Crippen molar-refractivity contribution in [1.82, 2.24) is 24.6 Å². The molecule has 1 N–H and O–H groups in total. The van der Waals surface area contributed by atoms with Crippen molar-refractivity contribution in [3.63, 3.8) is 0 Å². The molecule has 0 unspecified atom stereocenters. The number of aromatic amines is 1. The summed E-state index contributed by atoms with van der Waals surface area (Å²) in [4.78, 5) is 27.5. The molecule has 1 aliphatic heterocycles. The lowest BCUT2D eigenvalue weighted by atomic mass is 10.2. The number of nitrogens with one attached hydrogen (secondary N) is 1. The monoisotopic (exact) mass is 245 g/mol. The van der Waals surface area contributed by atoms with Gasteiger partial charge in [-0.25, -0.2) is 0 Å². The van der Waals surface area contributed by atoms with E-state index in [1.807, 2.05) is 4.57 Å². The van der Waals surface area contributed by atoms with Crippen molar-refractivity contribution in [3.05, 3.63) is 46.4 Å². The molecule has 0 aliphatic carbocycles. The zero-order valence-electron chi connectivity index (χ0n) is 9.54. The number of hydrogen-bond acceptors (Lipinski definition) is 4. The van der Waals surface area contributed by atoms with Crippen molar-refractivity contribution < 1.29 is 4.79 Å². The van der Waals surface area contributed by atoms with Gasteiger partial charge in [-0.15, -0.1) is 10.2 Å². The average Bonchev–Trinajstić information content (AvgIpc) is 2.85. The van der Waals surface area contributed by atoms with E-state index in [-0.39, 0.29) is 11.5 Å². The molecular formula is C11H11N5O2. The van der Waals surface area contributed by atoms with Gasteiger partial charge in [0, 0.05) is 30.9 Å². The third-order valence-corrected chi connectivity index (χ3v) is 2.95. The maximum absolute atomic E-state index is 12.2. The Balaban J connectivity index is 1.85. The highest BCUT2D eigenvalue weighted by molar-refractivity contribution is 5.94. The fourth-order valence-electron chi connectivity index (χ4n) is 2.00. The van der Waals surface area contributed by atoms with Crippen molar-refractivity contribution in [2.45, 2.75) is 13.1 Å². The van der Waals surface area contributed by atoms with E-state index in [1.165, 1.54) is 12.3 Å². The van der Waals surface area contributed by atoms with Gasteiger partial charge in [0.2, 0.25) is 5.56 Å². The highest BCUT2D eigenvalue weighted by Gasteiger charge is 2.22. The third kappa shape index (κ3) is 1.79. The molecule has 0 saturated carbocycles. The molecule has 0 bridgehead atoms. The van der Waals surface area contributed by atoms with Crippen LogP contribution in [0.25, 0.3) is 0 Å². The summed E-state index contributed by atoms with van der Waals surface area (Å²) in [5, 5.41) is 7.76. The van der Waals surface area contributed by atoms with E-state index < -0.39 is 0 Å². The third-order valence-electron chi connectivity index (χ3n) is 2.95. The molecule has 7 nitrogen and oxygen atoms in total. The number of carbonyl (C=O) groups excluding carboxylic acids is 1. The number of amides is 1. The fourth-order valence-corrected chi connectivity index (χ4v) is 2.00. The van der Waals surface area contributed by atoms with Gasteiger partial charge in [0.1, 0.15) is 6.33 Å². The predicted octanol–water partition coefficient (Wildman–Crippen LogP) is -0.378. The van der Waals surface area contributed by atoms with Crippen molar-refractivity contribution >= 4 is 5.91 Å². The average molecular weight is 245 g/mol. The molecule has 0 fully saturated rings. The van der Waals surface area contributed by atoms with Crippen LogP contribution < -0.4 is 5.56 Å². The number of aromatic nitrogens is 4. The Labute approximate surface area is 102 Å². The maximum atomic E-state index is 12.2. The van der Waals surface area contributed by atoms with Gasteiger partial charge in [-0.2, -0.15) is 0 Å². The van der Waals surface area contributed by atoms with Crippen LogP contribution in [-0.4, -0.2) is 37.1 Å². The summed E-state index contributed by atoms with van der Waals surface area (Å²) in [6.07, 6.45) is 3.13. The molecule has 0 atom stereocenters. The van der Waals surface area contributed by atoms with E-state index >= 15 is 0 Å². The number of carbonyl (C=O) groups is 1. The fraction of sp³-hybridized carbons (Fsp3) is 0.273. The summed E-state index contributed by atoms with van der Waals surface area (Å²) in [7, 11) is 0. The number of fused-ring (bicyclic) bond motifs is 1. The first-order chi connectivity index (χ1) is 8.74. The molecule has 0 saturated heterocycles. The normalized spacial score (nSPS) is 14.3. The van der Waals surface area contributed by atoms with Crippen molar-refractivity contribution in [1.29, 1.82) is 0 Å². The van der Waals surface area contributed by atoms with Crippen LogP contribution in [0.4, 0.5) is 0 Å². The number of H-pyrrole nitrogens is 1. The molecule has 7 heteroatoms. The second-order valence-electron chi connectivity index (χ2n) is 4.11. The van der Waals surface area contributed by atoms with Gasteiger partial charge in [-0.05, 0) is 6.07 Å². The quantitative estimate of drug-likeness (QED) is 0.742. The molecule has 1 amide bonds. The minimum atomic E-state index is -0.277. The number of rotatable bonds is 1. The molecule has 3 heterocycles. The molecule has 92 valence electrons. The summed E-state index contributed by atoms with van der Waals surface area (Å²) in [6, 6.07) is 2.91. The minimum Gasteiger partial charge on any atom is -0.329 e. The minimum absolute atomic E-state index is 0.157. The van der Waals surface area contributed by atoms with Crippen LogP contribution in [0.2, 0.25) is 0 Å². The van der Waals surface area contributed by atoms with Gasteiger partial charge in [-0.1, -0.05) is 0 Å². The summed E-state index contributed by atoms with van der Waals surface area (Å²) in [6.45, 7) is 1.69. The topological polar surface area (TPSA) is 83.9 Å². The van der Waals surface area contributed by atoms with E-state index in [0.717, 1.165) is 5.82 Å². The highest BCUT2D eigenvalue weighted by Crippen LogP contribution is 2.12. The zero-order valence-corrected chi connectivity index (χ0v) is 9.54. The van der Waals surface area contributed by atoms with Gasteiger partial charge < -0.3 is 14.5 Å². The van der Waals surface area contributed by atoms with Crippen LogP contribution in [0.5, 0.6) is 0 Å². The van der Waals surface area contributed by atoms with Crippen molar-refractivity contribution in [3.8, 4) is 0 Å². The van der Waals surface area contributed by atoms with Crippen LogP contribution in [0.15, 0.2) is 29.5 Å². The molecule has 0 radical (unpaired) electrons. The van der Waals surface area contributed by atoms with E-state index in [1.54, 1.807) is 17.3 Å². The van der Waals surface area contributed by atoms with E-state index in [0.29, 0.717) is 25.2 Å². The zero-order chi connectivity index (χ0) is 12.5. The number of nitrogens with zero attached hydrogens (tertiary/aromatic N) is 4. The van der Waals surface area contributed by atoms with E-state index in [2.05, 4.69) is 15.2 Å². The molecule has 0 spiro atoms. The second-order valence-corrected chi connectivity index (χ2v) is 4.11. The first-order valence-corrected chi connectivity index (χ1v) is 5.59. The molecule has 2 aromatic heterocycles. The maximum Gasteiger partial charge on any atom is 0.254 e. The summed E-state index contributed by atoms with van der Waals surface area (Å²) in [5.74, 6) is 0.606. The Morgan fingerprint density at radius 3 is 3.11 bits per heavy atom. The Morgan fingerprint density at radius 1 is 1.39 bits per heavy atom. The summed E-state index contributed by atoms with van der Waals surface area (Å²) in [5.41, 5.74) is 0.118. The number of pyridine rings is 1. The highest BCUT2D eigenvalue weighted by atomic mass is 16.2. The Morgan fingerprint density at radius 2 is 2.28 bits per heavy atom. The number of hydrogen-bond donors (Lipinski definition) is 1. The SMILES string of the molecule is O=C(c1cc[nH]c(=O)c1)N1CCn2cnnc2C1. The molecule has 3 rings (SSSR count). The van der Waals surface area contributed by atoms with Gasteiger partial charge in [0.15, 0.2) is 5.82 Å². The van der Waals surface area contributed by atoms with Crippen LogP contribution in [0.1, 0.15) is 16.2 Å². The largest absolute Gasteiger partial charge is 0.329 e. The first-order valence-electron chi connectivity index (χ1n) is 5.59. The van der Waals surface area contributed by atoms with Crippen LogP contribution in [0.3, 0.4) is 0 Å². The first kappa shape index (κ1) is 10.7. The van der Waals surface area contributed by atoms with Crippen molar-refractivity contribution in [2.24, 2.45) is 0 Å². The molecule has 18 heavy (non-hydrogen) atoms. The van der Waals surface area contributed by atoms with Crippen LogP contribution in [0, 0.1) is 0 Å². The van der Waals surface area contributed by atoms with Crippen molar-refractivity contribution in [2.75, 3.05) is 6.54 Å². The molecular weight excluding hydrogens is 234 g/mol. The van der Waals surface area contributed by atoms with E-state index in [4.69, 9.17) is 0 Å². The second kappa shape index (κ2) is 4.10. The molecule has 0 aromatic carbocycles. The molecule has 1 aliphatic rings. The van der Waals surface area contributed by atoms with Gasteiger partial charge in [-0.3, -0.25) is 9.59 Å². The lowest BCUT2D eigenvalue weighted by molar-refractivity contribution is 0.0707. The lowest BCUT2D eigenvalue weighted by Gasteiger charge is -2.26. The van der Waals surface area contributed by atoms with Crippen LogP contribution in [-0.2, 0) is 13.1 Å². The van der Waals surface area contributed by atoms with Gasteiger partial charge in [0.05, 0.1) is 6.54 Å².